The molecule has 2 aromatic carbocycles. The van der Waals surface area contributed by atoms with E-state index in [1.165, 1.54) is 11.1 Å². The maximum atomic E-state index is 6.16. The first-order chi connectivity index (χ1) is 15.1. The minimum atomic E-state index is 0.657. The van der Waals surface area contributed by atoms with Crippen molar-refractivity contribution in [3.8, 4) is 22.6 Å². The van der Waals surface area contributed by atoms with Crippen LogP contribution in [0.15, 0.2) is 75.6 Å². The molecule has 0 spiro atoms. The highest BCUT2D eigenvalue weighted by Crippen LogP contribution is 2.36. The number of pyridine rings is 2. The summed E-state index contributed by atoms with van der Waals surface area (Å²) < 4.78 is 12.3. The molecule has 0 unspecified atom stereocenters. The van der Waals surface area contributed by atoms with Gasteiger partial charge in [0, 0.05) is 33.7 Å². The van der Waals surface area contributed by atoms with Crippen molar-refractivity contribution in [1.29, 1.82) is 0 Å². The maximum absolute atomic E-state index is 6.16. The number of aromatic nitrogens is 2. The summed E-state index contributed by atoms with van der Waals surface area (Å²) in [6.07, 6.45) is 0. The van der Waals surface area contributed by atoms with Gasteiger partial charge in [0.1, 0.15) is 16.9 Å². The molecule has 6 aromatic rings. The highest BCUT2D eigenvalue weighted by Gasteiger charge is 2.16. The molecule has 4 heterocycles. The third kappa shape index (κ3) is 2.76. The van der Waals surface area contributed by atoms with Gasteiger partial charge in [-0.3, -0.25) is 0 Å². The smallest absolute Gasteiger partial charge is 0.227 e. The molecule has 0 aliphatic carbocycles. The minimum absolute atomic E-state index is 0.657. The van der Waals surface area contributed by atoms with Gasteiger partial charge in [-0.05, 0) is 62.2 Å². The van der Waals surface area contributed by atoms with Crippen molar-refractivity contribution in [2.24, 2.45) is 0 Å². The van der Waals surface area contributed by atoms with Crippen LogP contribution in [0.3, 0.4) is 0 Å². The molecule has 150 valence electrons. The average molecular weight is 404 g/mol. The van der Waals surface area contributed by atoms with Crippen LogP contribution in [0.1, 0.15) is 16.8 Å². The fourth-order valence-electron chi connectivity index (χ4n) is 4.37. The van der Waals surface area contributed by atoms with Gasteiger partial charge in [0.2, 0.25) is 5.71 Å². The number of nitrogens with zero attached hydrogens (tertiary/aromatic N) is 2. The topological polar surface area (TPSA) is 52.1 Å². The number of aryl methyl sites for hydroxylation is 3. The van der Waals surface area contributed by atoms with Gasteiger partial charge in [-0.25, -0.2) is 9.97 Å². The molecule has 0 fully saturated rings. The van der Waals surface area contributed by atoms with Crippen molar-refractivity contribution in [2.75, 3.05) is 0 Å². The molecular weight excluding hydrogens is 384 g/mol. The van der Waals surface area contributed by atoms with Crippen molar-refractivity contribution in [2.45, 2.75) is 20.8 Å². The van der Waals surface area contributed by atoms with Crippen LogP contribution in [0.5, 0.6) is 0 Å². The number of fused-ring (bicyclic) bond motifs is 4. The molecule has 0 saturated carbocycles. The molecule has 31 heavy (non-hydrogen) atoms. The molecule has 0 atom stereocenters. The lowest BCUT2D eigenvalue weighted by atomic mass is 10.0. The van der Waals surface area contributed by atoms with Gasteiger partial charge in [0.05, 0.1) is 5.69 Å². The molecule has 0 saturated heterocycles. The Labute approximate surface area is 179 Å². The highest BCUT2D eigenvalue weighted by atomic mass is 16.3. The summed E-state index contributed by atoms with van der Waals surface area (Å²) in [5.41, 5.74) is 9.31. The second-order valence-corrected chi connectivity index (χ2v) is 8.05. The van der Waals surface area contributed by atoms with Gasteiger partial charge in [-0.1, -0.05) is 30.3 Å². The monoisotopic (exact) mass is 404 g/mol. The Kier molecular flexibility index (Phi) is 3.78. The summed E-state index contributed by atoms with van der Waals surface area (Å²) in [6.45, 7) is 6.18. The Bertz CT molecular complexity index is 1600. The average Bonchev–Trinajstić information content (AvgIpc) is 3.33. The first-order valence-corrected chi connectivity index (χ1v) is 10.3. The van der Waals surface area contributed by atoms with E-state index in [1.807, 2.05) is 43.3 Å². The van der Waals surface area contributed by atoms with E-state index in [0.29, 0.717) is 5.71 Å². The Balaban J connectivity index is 1.54. The molecule has 0 N–H and O–H groups in total. The van der Waals surface area contributed by atoms with Crippen LogP contribution in [-0.2, 0) is 0 Å². The lowest BCUT2D eigenvalue weighted by molar-refractivity contribution is 0.630. The van der Waals surface area contributed by atoms with Crippen molar-refractivity contribution in [1.82, 2.24) is 9.97 Å². The summed E-state index contributed by atoms with van der Waals surface area (Å²) >= 11 is 0. The number of furan rings is 2. The SMILES string of the molecule is Cc1ccc2c(n1)oc1c(-c3ccc4oc(-c5c(C)cccc5C)cc4n3)cccc12. The molecule has 0 aliphatic rings. The highest BCUT2D eigenvalue weighted by molar-refractivity contribution is 6.08. The van der Waals surface area contributed by atoms with E-state index in [0.717, 1.165) is 55.7 Å². The molecule has 0 aliphatic heterocycles. The number of benzene rings is 2. The second-order valence-electron chi connectivity index (χ2n) is 8.05. The number of hydrogen-bond donors (Lipinski definition) is 0. The van der Waals surface area contributed by atoms with Gasteiger partial charge in [0.15, 0.2) is 5.58 Å². The predicted molar refractivity (Wildman–Crippen MR) is 124 cm³/mol. The van der Waals surface area contributed by atoms with Crippen LogP contribution in [-0.4, -0.2) is 9.97 Å². The zero-order chi connectivity index (χ0) is 21.1. The molecule has 0 amide bonds. The van der Waals surface area contributed by atoms with Gasteiger partial charge < -0.3 is 8.83 Å². The summed E-state index contributed by atoms with van der Waals surface area (Å²) in [5, 5.41) is 2.06. The van der Waals surface area contributed by atoms with E-state index in [9.17, 15) is 0 Å². The van der Waals surface area contributed by atoms with Crippen molar-refractivity contribution < 1.29 is 8.83 Å². The molecule has 4 nitrogen and oxygen atoms in total. The van der Waals surface area contributed by atoms with E-state index in [4.69, 9.17) is 13.8 Å². The normalized spacial score (nSPS) is 11.7. The summed E-state index contributed by atoms with van der Waals surface area (Å²) in [4.78, 5) is 9.46. The Morgan fingerprint density at radius 1 is 0.710 bits per heavy atom. The van der Waals surface area contributed by atoms with E-state index >= 15 is 0 Å². The van der Waals surface area contributed by atoms with Crippen molar-refractivity contribution in [3.05, 3.63) is 83.6 Å². The molecular formula is C27H20N2O2. The summed E-state index contributed by atoms with van der Waals surface area (Å²) in [6, 6.07) is 22.5. The first-order valence-electron chi connectivity index (χ1n) is 10.3. The summed E-state index contributed by atoms with van der Waals surface area (Å²) in [7, 11) is 0. The fraction of sp³-hybridized carbons (Fsp3) is 0.111. The molecule has 4 aromatic heterocycles. The molecule has 6 rings (SSSR count). The van der Waals surface area contributed by atoms with Crippen LogP contribution >= 0.6 is 0 Å². The Morgan fingerprint density at radius 3 is 2.35 bits per heavy atom. The van der Waals surface area contributed by atoms with Crippen molar-refractivity contribution in [3.63, 3.8) is 0 Å². The van der Waals surface area contributed by atoms with E-state index < -0.39 is 0 Å². The van der Waals surface area contributed by atoms with Gasteiger partial charge >= 0.3 is 0 Å². The summed E-state index contributed by atoms with van der Waals surface area (Å²) in [5.74, 6) is 0.844. The van der Waals surface area contributed by atoms with Crippen LogP contribution in [0, 0.1) is 20.8 Å². The quantitative estimate of drug-likeness (QED) is 0.302. The van der Waals surface area contributed by atoms with E-state index in [2.05, 4.69) is 49.2 Å². The van der Waals surface area contributed by atoms with Crippen LogP contribution < -0.4 is 0 Å². The van der Waals surface area contributed by atoms with Gasteiger partial charge in [-0.15, -0.1) is 0 Å². The molecule has 0 radical (unpaired) electrons. The van der Waals surface area contributed by atoms with E-state index in [1.54, 1.807) is 0 Å². The predicted octanol–water partition coefficient (Wildman–Crippen LogP) is 7.38. The number of rotatable bonds is 2. The fourth-order valence-corrected chi connectivity index (χ4v) is 4.37. The van der Waals surface area contributed by atoms with Crippen molar-refractivity contribution >= 4 is 33.2 Å². The standard InChI is InChI=1S/C27H20N2O2/c1-15-6-4-7-16(2)25(15)24-14-22-23(30-24)13-12-21(29-22)20-9-5-8-18-19-11-10-17(3)28-27(19)31-26(18)20/h4-14H,1-3H3. The van der Waals surface area contributed by atoms with Gasteiger partial charge in [-0.2, -0.15) is 0 Å². The third-order valence-corrected chi connectivity index (χ3v) is 5.88. The second kappa shape index (κ2) is 6.54. The Hall–Kier alpha value is -3.92. The van der Waals surface area contributed by atoms with Crippen LogP contribution in [0.25, 0.3) is 55.7 Å². The largest absolute Gasteiger partial charge is 0.454 e. The van der Waals surface area contributed by atoms with E-state index in [-0.39, 0.29) is 0 Å². The van der Waals surface area contributed by atoms with Crippen LogP contribution in [0.4, 0.5) is 0 Å². The number of para-hydroxylation sites is 1. The zero-order valence-electron chi connectivity index (χ0n) is 17.6. The minimum Gasteiger partial charge on any atom is -0.454 e. The Morgan fingerprint density at radius 2 is 1.52 bits per heavy atom. The zero-order valence-corrected chi connectivity index (χ0v) is 17.6. The molecule has 4 heteroatoms. The lowest BCUT2D eigenvalue weighted by Gasteiger charge is -2.05. The first kappa shape index (κ1) is 17.9. The third-order valence-electron chi connectivity index (χ3n) is 5.88. The lowest BCUT2D eigenvalue weighted by Crippen LogP contribution is -1.85. The molecule has 0 bridgehead atoms. The van der Waals surface area contributed by atoms with Gasteiger partial charge in [0.25, 0.3) is 0 Å². The van der Waals surface area contributed by atoms with Crippen LogP contribution in [0.2, 0.25) is 0 Å². The maximum Gasteiger partial charge on any atom is 0.227 e. The number of hydrogen-bond acceptors (Lipinski definition) is 4.